The van der Waals surface area contributed by atoms with Crippen molar-refractivity contribution in [3.8, 4) is 11.3 Å². The third-order valence-corrected chi connectivity index (χ3v) is 6.62. The minimum Gasteiger partial charge on any atom is -0.352 e. The highest BCUT2D eigenvalue weighted by molar-refractivity contribution is 6.06. The second-order valence-corrected chi connectivity index (χ2v) is 9.27. The van der Waals surface area contributed by atoms with Crippen LogP contribution in [-0.2, 0) is 7.05 Å². The number of rotatable bonds is 6. The van der Waals surface area contributed by atoms with Gasteiger partial charge < -0.3 is 15.6 Å². The molecule has 180 valence electrons. The molecule has 0 radical (unpaired) electrons. The molecule has 35 heavy (non-hydrogen) atoms. The lowest BCUT2D eigenvalue weighted by atomic mass is 9.89. The van der Waals surface area contributed by atoms with Gasteiger partial charge in [0, 0.05) is 43.1 Å². The highest BCUT2D eigenvalue weighted by Crippen LogP contribution is 2.25. The molecule has 0 saturated heterocycles. The van der Waals surface area contributed by atoms with Crippen LogP contribution in [0.2, 0.25) is 0 Å². The van der Waals surface area contributed by atoms with E-state index in [9.17, 15) is 9.59 Å². The summed E-state index contributed by atoms with van der Waals surface area (Å²) in [5.74, 6) is 0.0601. The summed E-state index contributed by atoms with van der Waals surface area (Å²) < 4.78 is 1.73. The highest BCUT2D eigenvalue weighted by atomic mass is 16.2. The summed E-state index contributed by atoms with van der Waals surface area (Å²) in [4.78, 5) is 37.7. The fourth-order valence-corrected chi connectivity index (χ4v) is 4.56. The van der Waals surface area contributed by atoms with Gasteiger partial charge in [-0.3, -0.25) is 19.3 Å². The number of nitrogens with one attached hydrogen (secondary N) is 3. The average Bonchev–Trinajstić information content (AvgIpc) is 3.50. The number of pyridine rings is 2. The minimum absolute atomic E-state index is 0.170. The number of fused-ring (bicyclic) bond motifs is 1. The van der Waals surface area contributed by atoms with Gasteiger partial charge in [0.15, 0.2) is 0 Å². The van der Waals surface area contributed by atoms with Crippen LogP contribution in [0.1, 0.15) is 58.5 Å². The van der Waals surface area contributed by atoms with Crippen molar-refractivity contribution >= 4 is 28.5 Å². The van der Waals surface area contributed by atoms with Crippen molar-refractivity contribution in [1.29, 1.82) is 0 Å². The molecule has 0 aliphatic heterocycles. The molecule has 0 unspecified atom stereocenters. The number of H-pyrrole nitrogens is 1. The zero-order valence-corrected chi connectivity index (χ0v) is 20.0. The zero-order valence-electron chi connectivity index (χ0n) is 20.0. The van der Waals surface area contributed by atoms with Gasteiger partial charge in [-0.15, -0.1) is 0 Å². The Morgan fingerprint density at radius 1 is 1.03 bits per heavy atom. The normalized spacial score (nSPS) is 14.2. The molecular formula is C26H29N7O2. The smallest absolute Gasteiger partial charge is 0.257 e. The molecular weight excluding hydrogens is 442 g/mol. The first-order valence-electron chi connectivity index (χ1n) is 12.0. The Bertz CT molecular complexity index is 1380. The Morgan fingerprint density at radius 3 is 2.57 bits per heavy atom. The Morgan fingerprint density at radius 2 is 1.80 bits per heavy atom. The fourth-order valence-electron chi connectivity index (χ4n) is 4.56. The van der Waals surface area contributed by atoms with Crippen LogP contribution in [0, 0.1) is 12.8 Å². The molecule has 1 aliphatic rings. The number of anilines is 1. The van der Waals surface area contributed by atoms with E-state index in [0.29, 0.717) is 40.6 Å². The maximum atomic E-state index is 13.0. The number of carbonyl (C=O) groups is 2. The topological polar surface area (TPSA) is 118 Å². The molecule has 1 aliphatic carbocycles. The Labute approximate surface area is 203 Å². The highest BCUT2D eigenvalue weighted by Gasteiger charge is 2.17. The maximum absolute atomic E-state index is 13.0. The zero-order chi connectivity index (χ0) is 24.4. The van der Waals surface area contributed by atoms with Gasteiger partial charge in [0.2, 0.25) is 0 Å². The van der Waals surface area contributed by atoms with Gasteiger partial charge in [-0.05, 0) is 43.9 Å². The van der Waals surface area contributed by atoms with E-state index in [0.717, 1.165) is 29.5 Å². The van der Waals surface area contributed by atoms with Crippen molar-refractivity contribution < 1.29 is 9.59 Å². The quantitative estimate of drug-likeness (QED) is 0.389. The standard InChI is InChI=1S/C26H29N7O2/c1-16-22(10-20(12-27-16)25(34)29-11-17-6-4-3-5-7-17)32-26(35)19-8-18-9-23(31-24(18)28-13-19)21-14-30-33(2)15-21/h8-10,12-15,17H,3-7,11H2,1-2H3,(H,28,31)(H,29,34)(H,32,35). The Hall–Kier alpha value is -4.01. The lowest BCUT2D eigenvalue weighted by Crippen LogP contribution is -2.30. The van der Waals surface area contributed by atoms with Crippen molar-refractivity contribution in [1.82, 2.24) is 30.0 Å². The molecule has 3 N–H and O–H groups in total. The van der Waals surface area contributed by atoms with Crippen molar-refractivity contribution in [3.63, 3.8) is 0 Å². The second kappa shape index (κ2) is 9.69. The van der Waals surface area contributed by atoms with Crippen molar-refractivity contribution in [2.75, 3.05) is 11.9 Å². The number of aromatic nitrogens is 5. The molecule has 0 bridgehead atoms. The molecule has 9 nitrogen and oxygen atoms in total. The summed E-state index contributed by atoms with van der Waals surface area (Å²) in [6, 6.07) is 5.41. The van der Waals surface area contributed by atoms with E-state index in [1.807, 2.05) is 19.3 Å². The summed E-state index contributed by atoms with van der Waals surface area (Å²) in [5, 5.41) is 10.9. The molecule has 4 aromatic heterocycles. The molecule has 4 heterocycles. The van der Waals surface area contributed by atoms with E-state index in [4.69, 9.17) is 0 Å². The van der Waals surface area contributed by atoms with Gasteiger partial charge >= 0.3 is 0 Å². The first-order chi connectivity index (χ1) is 17.0. The number of amides is 2. The molecule has 1 saturated carbocycles. The molecule has 0 aromatic carbocycles. The van der Waals surface area contributed by atoms with Crippen LogP contribution in [0.25, 0.3) is 22.3 Å². The van der Waals surface area contributed by atoms with E-state index < -0.39 is 0 Å². The lowest BCUT2D eigenvalue weighted by Gasteiger charge is -2.21. The number of hydrogen-bond acceptors (Lipinski definition) is 5. The van der Waals surface area contributed by atoms with Crippen LogP contribution >= 0.6 is 0 Å². The summed E-state index contributed by atoms with van der Waals surface area (Å²) in [6.07, 6.45) is 12.8. The van der Waals surface area contributed by atoms with Gasteiger partial charge in [0.05, 0.1) is 34.4 Å². The Balaban J connectivity index is 1.29. The molecule has 0 spiro atoms. The first kappa shape index (κ1) is 22.8. The molecule has 4 aromatic rings. The summed E-state index contributed by atoms with van der Waals surface area (Å²) in [5.41, 5.74) is 4.50. The molecule has 5 rings (SSSR count). The molecule has 0 atom stereocenters. The van der Waals surface area contributed by atoms with E-state index in [2.05, 4.69) is 30.7 Å². The average molecular weight is 472 g/mol. The Kier molecular flexibility index (Phi) is 6.31. The summed E-state index contributed by atoms with van der Waals surface area (Å²) in [6.45, 7) is 2.48. The van der Waals surface area contributed by atoms with E-state index in [-0.39, 0.29) is 11.8 Å². The number of nitrogens with zero attached hydrogens (tertiary/aromatic N) is 4. The molecule has 1 fully saturated rings. The van der Waals surface area contributed by atoms with Crippen LogP contribution in [0.4, 0.5) is 5.69 Å². The third-order valence-electron chi connectivity index (χ3n) is 6.62. The fraction of sp³-hybridized carbons (Fsp3) is 0.346. The van der Waals surface area contributed by atoms with Gasteiger partial charge in [0.25, 0.3) is 11.8 Å². The van der Waals surface area contributed by atoms with Crippen LogP contribution < -0.4 is 10.6 Å². The van der Waals surface area contributed by atoms with Crippen molar-refractivity contribution in [3.05, 3.63) is 59.8 Å². The van der Waals surface area contributed by atoms with E-state index in [1.165, 1.54) is 25.5 Å². The predicted octanol–water partition coefficient (Wildman–Crippen LogP) is 4.23. The predicted molar refractivity (Wildman–Crippen MR) is 134 cm³/mol. The van der Waals surface area contributed by atoms with Crippen LogP contribution in [0.5, 0.6) is 0 Å². The van der Waals surface area contributed by atoms with Crippen LogP contribution in [-0.4, -0.2) is 43.1 Å². The third kappa shape index (κ3) is 5.08. The molecule has 2 amide bonds. The molecule has 9 heteroatoms. The lowest BCUT2D eigenvalue weighted by molar-refractivity contribution is 0.0942. The number of aryl methyl sites for hydroxylation is 2. The number of aromatic amines is 1. The SMILES string of the molecule is Cc1ncc(C(=O)NCC2CCCCC2)cc1NC(=O)c1cnc2[nH]c(-c3cnn(C)c3)cc2c1. The second-order valence-electron chi connectivity index (χ2n) is 9.27. The maximum Gasteiger partial charge on any atom is 0.257 e. The summed E-state index contributed by atoms with van der Waals surface area (Å²) in [7, 11) is 1.86. The van der Waals surface area contributed by atoms with Crippen molar-refractivity contribution in [2.45, 2.75) is 39.0 Å². The van der Waals surface area contributed by atoms with Gasteiger partial charge in [-0.1, -0.05) is 19.3 Å². The van der Waals surface area contributed by atoms with Gasteiger partial charge in [-0.25, -0.2) is 4.98 Å². The number of carbonyl (C=O) groups excluding carboxylic acids is 2. The van der Waals surface area contributed by atoms with Gasteiger partial charge in [-0.2, -0.15) is 5.10 Å². The largest absolute Gasteiger partial charge is 0.352 e. The van der Waals surface area contributed by atoms with E-state index in [1.54, 1.807) is 36.1 Å². The first-order valence-corrected chi connectivity index (χ1v) is 12.0. The minimum atomic E-state index is -0.312. The summed E-state index contributed by atoms with van der Waals surface area (Å²) >= 11 is 0. The van der Waals surface area contributed by atoms with Gasteiger partial charge in [0.1, 0.15) is 5.65 Å². The van der Waals surface area contributed by atoms with Crippen LogP contribution in [0.15, 0.2) is 43.0 Å². The van der Waals surface area contributed by atoms with E-state index >= 15 is 0 Å². The number of hydrogen-bond donors (Lipinski definition) is 3. The van der Waals surface area contributed by atoms with Crippen LogP contribution in [0.3, 0.4) is 0 Å². The van der Waals surface area contributed by atoms with Crippen molar-refractivity contribution in [2.24, 2.45) is 13.0 Å². The monoisotopic (exact) mass is 471 g/mol.